The molecule has 2 aromatic rings. The minimum absolute atomic E-state index is 0.0150. The Hall–Kier alpha value is -2.15. The summed E-state index contributed by atoms with van der Waals surface area (Å²) >= 11 is 0. The Bertz CT molecular complexity index is 629. The minimum Gasteiger partial charge on any atom is -0.377 e. The van der Waals surface area contributed by atoms with Gasteiger partial charge in [0.05, 0.1) is 11.3 Å². The molecule has 0 aliphatic rings. The van der Waals surface area contributed by atoms with Crippen LogP contribution in [0.25, 0.3) is 11.3 Å². The number of nitrogens with one attached hydrogen (secondary N) is 1. The molecule has 0 saturated heterocycles. The second-order valence-corrected chi connectivity index (χ2v) is 4.28. The molecule has 0 fully saturated rings. The van der Waals surface area contributed by atoms with Crippen LogP contribution in [0.5, 0.6) is 0 Å². The highest BCUT2D eigenvalue weighted by Gasteiger charge is 2.33. The second-order valence-electron chi connectivity index (χ2n) is 4.28. The maximum Gasteiger partial charge on any atom is 0.417 e. The van der Waals surface area contributed by atoms with Crippen LogP contribution in [0.1, 0.15) is 11.4 Å². The molecular formula is C14H14F3N3O. The van der Waals surface area contributed by atoms with Gasteiger partial charge in [0.1, 0.15) is 12.4 Å². The average Bonchev–Trinajstić information content (AvgIpc) is 2.46. The lowest BCUT2D eigenvalue weighted by Crippen LogP contribution is -2.09. The third kappa shape index (κ3) is 3.49. The van der Waals surface area contributed by atoms with E-state index in [-0.39, 0.29) is 17.9 Å². The van der Waals surface area contributed by atoms with Gasteiger partial charge in [-0.15, -0.1) is 0 Å². The van der Waals surface area contributed by atoms with Crippen LogP contribution in [0.4, 0.5) is 19.0 Å². The van der Waals surface area contributed by atoms with Crippen LogP contribution in [0, 0.1) is 0 Å². The van der Waals surface area contributed by atoms with Crippen molar-refractivity contribution in [2.75, 3.05) is 19.5 Å². The van der Waals surface area contributed by atoms with Gasteiger partial charge in [-0.1, -0.05) is 18.2 Å². The quantitative estimate of drug-likeness (QED) is 0.940. The van der Waals surface area contributed by atoms with E-state index in [2.05, 4.69) is 15.3 Å². The van der Waals surface area contributed by atoms with E-state index >= 15 is 0 Å². The molecule has 0 spiro atoms. The van der Waals surface area contributed by atoms with Crippen LogP contribution >= 0.6 is 0 Å². The van der Waals surface area contributed by atoms with Gasteiger partial charge >= 0.3 is 6.18 Å². The summed E-state index contributed by atoms with van der Waals surface area (Å²) in [6.07, 6.45) is -4.44. The van der Waals surface area contributed by atoms with Gasteiger partial charge in [0.2, 0.25) is 0 Å². The first-order valence-corrected chi connectivity index (χ1v) is 6.17. The van der Waals surface area contributed by atoms with E-state index in [4.69, 9.17) is 4.74 Å². The second kappa shape index (κ2) is 6.09. The molecule has 0 saturated carbocycles. The lowest BCUT2D eigenvalue weighted by molar-refractivity contribution is -0.137. The van der Waals surface area contributed by atoms with E-state index in [1.54, 1.807) is 13.1 Å². The van der Waals surface area contributed by atoms with Crippen molar-refractivity contribution in [1.29, 1.82) is 0 Å². The summed E-state index contributed by atoms with van der Waals surface area (Å²) < 4.78 is 44.2. The SMILES string of the molecule is CNc1cc(-c2ccccc2C(F)(F)F)nc(COC)n1. The maximum absolute atomic E-state index is 13.1. The van der Waals surface area contributed by atoms with Crippen molar-refractivity contribution in [2.45, 2.75) is 12.8 Å². The number of rotatable bonds is 4. The lowest BCUT2D eigenvalue weighted by Gasteiger charge is -2.13. The number of alkyl halides is 3. The first-order valence-electron chi connectivity index (χ1n) is 6.17. The summed E-state index contributed by atoms with van der Waals surface area (Å²) in [5.74, 6) is 0.750. The molecular weight excluding hydrogens is 283 g/mol. The van der Waals surface area contributed by atoms with Gasteiger partial charge in [-0.2, -0.15) is 13.2 Å². The van der Waals surface area contributed by atoms with E-state index in [0.29, 0.717) is 11.6 Å². The Balaban J connectivity index is 2.59. The van der Waals surface area contributed by atoms with Crippen molar-refractivity contribution in [1.82, 2.24) is 9.97 Å². The Labute approximate surface area is 120 Å². The number of hydrogen-bond donors (Lipinski definition) is 1. The zero-order valence-corrected chi connectivity index (χ0v) is 11.5. The van der Waals surface area contributed by atoms with Crippen LogP contribution < -0.4 is 5.32 Å². The number of methoxy groups -OCH3 is 1. The Kier molecular flexibility index (Phi) is 4.42. The summed E-state index contributed by atoms with van der Waals surface area (Å²) in [6, 6.07) is 6.79. The zero-order chi connectivity index (χ0) is 15.5. The van der Waals surface area contributed by atoms with Crippen LogP contribution in [-0.4, -0.2) is 24.1 Å². The summed E-state index contributed by atoms with van der Waals surface area (Å²) in [5.41, 5.74) is -0.510. The molecule has 1 N–H and O–H groups in total. The molecule has 7 heteroatoms. The summed E-state index contributed by atoms with van der Waals surface area (Å²) in [7, 11) is 3.11. The number of benzene rings is 1. The predicted octanol–water partition coefficient (Wildman–Crippen LogP) is 3.35. The fourth-order valence-electron chi connectivity index (χ4n) is 1.91. The zero-order valence-electron chi connectivity index (χ0n) is 11.5. The lowest BCUT2D eigenvalue weighted by atomic mass is 10.0. The standard InChI is InChI=1S/C14H14F3N3O/c1-18-12-7-11(19-13(20-12)8-21-2)9-5-3-4-6-10(9)14(15,16)17/h3-7H,8H2,1-2H3,(H,18,19,20). The molecule has 0 unspecified atom stereocenters. The first-order chi connectivity index (χ1) is 9.95. The third-order valence-electron chi connectivity index (χ3n) is 2.81. The number of aromatic nitrogens is 2. The van der Waals surface area contributed by atoms with E-state index in [9.17, 15) is 13.2 Å². The van der Waals surface area contributed by atoms with Gasteiger partial charge in [-0.25, -0.2) is 9.97 Å². The maximum atomic E-state index is 13.1. The van der Waals surface area contributed by atoms with Crippen molar-refractivity contribution in [3.63, 3.8) is 0 Å². The Morgan fingerprint density at radius 3 is 2.52 bits per heavy atom. The average molecular weight is 297 g/mol. The summed E-state index contributed by atoms with van der Waals surface area (Å²) in [5, 5.41) is 2.81. The molecule has 0 aliphatic heterocycles. The van der Waals surface area contributed by atoms with Crippen molar-refractivity contribution < 1.29 is 17.9 Å². The smallest absolute Gasteiger partial charge is 0.377 e. The monoisotopic (exact) mass is 297 g/mol. The van der Waals surface area contributed by atoms with Gasteiger partial charge in [0.15, 0.2) is 5.82 Å². The molecule has 0 bridgehead atoms. The molecule has 1 heterocycles. The number of ether oxygens (including phenoxy) is 1. The number of anilines is 1. The van der Waals surface area contributed by atoms with Crippen molar-refractivity contribution in [3.05, 3.63) is 41.7 Å². The molecule has 21 heavy (non-hydrogen) atoms. The van der Waals surface area contributed by atoms with Crippen LogP contribution in [-0.2, 0) is 17.5 Å². The Morgan fingerprint density at radius 2 is 1.90 bits per heavy atom. The van der Waals surface area contributed by atoms with E-state index in [0.717, 1.165) is 6.07 Å². The largest absolute Gasteiger partial charge is 0.417 e. The number of hydrogen-bond acceptors (Lipinski definition) is 4. The van der Waals surface area contributed by atoms with Crippen LogP contribution in [0.2, 0.25) is 0 Å². The van der Waals surface area contributed by atoms with Gasteiger partial charge in [-0.05, 0) is 6.07 Å². The highest BCUT2D eigenvalue weighted by molar-refractivity contribution is 5.67. The summed E-state index contributed by atoms with van der Waals surface area (Å²) in [6.45, 7) is 0.122. The normalized spacial score (nSPS) is 11.5. The highest BCUT2D eigenvalue weighted by atomic mass is 19.4. The third-order valence-corrected chi connectivity index (χ3v) is 2.81. The first kappa shape index (κ1) is 15.2. The van der Waals surface area contributed by atoms with E-state index in [1.165, 1.54) is 25.3 Å². The summed E-state index contributed by atoms with van der Waals surface area (Å²) in [4.78, 5) is 8.27. The van der Waals surface area contributed by atoms with Crippen molar-refractivity contribution >= 4 is 5.82 Å². The number of halogens is 3. The minimum atomic E-state index is -4.44. The van der Waals surface area contributed by atoms with Crippen molar-refractivity contribution in [3.8, 4) is 11.3 Å². The molecule has 0 radical (unpaired) electrons. The molecule has 0 aliphatic carbocycles. The predicted molar refractivity (Wildman–Crippen MR) is 72.7 cm³/mol. The highest BCUT2D eigenvalue weighted by Crippen LogP contribution is 2.36. The van der Waals surface area contributed by atoms with Crippen LogP contribution in [0.15, 0.2) is 30.3 Å². The number of nitrogens with zero attached hydrogens (tertiary/aromatic N) is 2. The molecule has 0 amide bonds. The van der Waals surface area contributed by atoms with E-state index < -0.39 is 11.7 Å². The topological polar surface area (TPSA) is 47.0 Å². The van der Waals surface area contributed by atoms with Crippen molar-refractivity contribution in [2.24, 2.45) is 0 Å². The van der Waals surface area contributed by atoms with E-state index in [1.807, 2.05) is 0 Å². The molecule has 2 rings (SSSR count). The molecule has 0 atom stereocenters. The molecule has 1 aromatic heterocycles. The molecule has 112 valence electrons. The molecule has 4 nitrogen and oxygen atoms in total. The molecule has 1 aromatic carbocycles. The van der Waals surface area contributed by atoms with Crippen LogP contribution in [0.3, 0.4) is 0 Å². The van der Waals surface area contributed by atoms with Gasteiger partial charge in [0, 0.05) is 25.8 Å². The fraction of sp³-hybridized carbons (Fsp3) is 0.286. The van der Waals surface area contributed by atoms with Gasteiger partial charge in [0.25, 0.3) is 0 Å². The fourth-order valence-corrected chi connectivity index (χ4v) is 1.91. The van der Waals surface area contributed by atoms with Gasteiger partial charge in [-0.3, -0.25) is 0 Å². The Morgan fingerprint density at radius 1 is 1.19 bits per heavy atom. The van der Waals surface area contributed by atoms with Gasteiger partial charge < -0.3 is 10.1 Å².